The molecule has 2 heterocycles. The fourth-order valence-corrected chi connectivity index (χ4v) is 3.53. The molecule has 23 heavy (non-hydrogen) atoms. The number of hydrogen-bond acceptors (Lipinski definition) is 3. The van der Waals surface area contributed by atoms with Crippen LogP contribution < -0.4 is 5.32 Å². The molecular weight excluding hydrogens is 398 g/mol. The molecule has 2 aromatic rings. The molecule has 0 unspecified atom stereocenters. The van der Waals surface area contributed by atoms with Crippen LogP contribution in [0.5, 0.6) is 0 Å². The summed E-state index contributed by atoms with van der Waals surface area (Å²) in [7, 11) is 0. The fourth-order valence-electron chi connectivity index (χ4n) is 2.52. The second kappa shape index (κ2) is 7.66. The van der Waals surface area contributed by atoms with Crippen LogP contribution in [0, 0.1) is 0 Å². The highest BCUT2D eigenvalue weighted by Crippen LogP contribution is 2.26. The van der Waals surface area contributed by atoms with Gasteiger partial charge in [-0.05, 0) is 42.5 Å². The molecule has 0 radical (unpaired) electrons. The van der Waals surface area contributed by atoms with Crippen LogP contribution in [0.15, 0.2) is 45.5 Å². The fraction of sp³-hybridized carbons (Fsp3) is 0.312. The first-order valence-corrected chi connectivity index (χ1v) is 8.95. The van der Waals surface area contributed by atoms with Crippen LogP contribution in [-0.2, 0) is 6.54 Å². The van der Waals surface area contributed by atoms with Crippen LogP contribution in [0.2, 0.25) is 5.02 Å². The maximum atomic E-state index is 6.23. The Morgan fingerprint density at radius 3 is 2.70 bits per heavy atom. The highest BCUT2D eigenvalue weighted by atomic mass is 79.9. The number of hydrogen-bond donors (Lipinski definition) is 1. The zero-order chi connectivity index (χ0) is 16.2. The molecule has 1 aromatic heterocycles. The van der Waals surface area contributed by atoms with Gasteiger partial charge in [0.25, 0.3) is 0 Å². The van der Waals surface area contributed by atoms with Crippen molar-refractivity contribution in [3.8, 4) is 0 Å². The summed E-state index contributed by atoms with van der Waals surface area (Å²) in [6.45, 7) is 4.54. The Balaban J connectivity index is 1.51. The van der Waals surface area contributed by atoms with Crippen LogP contribution in [0.25, 0.3) is 0 Å². The Bertz CT molecular complexity index is 672. The van der Waals surface area contributed by atoms with E-state index in [0.717, 1.165) is 48.6 Å². The van der Waals surface area contributed by atoms with Crippen molar-refractivity contribution in [2.75, 3.05) is 31.5 Å². The van der Waals surface area contributed by atoms with Crippen LogP contribution in [0.4, 0.5) is 5.69 Å². The quantitative estimate of drug-likeness (QED) is 0.761. The van der Waals surface area contributed by atoms with Crippen LogP contribution in [0.3, 0.4) is 0 Å². The Labute approximate surface area is 154 Å². The number of piperazine rings is 1. The van der Waals surface area contributed by atoms with Gasteiger partial charge in [0.05, 0.1) is 23.5 Å². The van der Waals surface area contributed by atoms with Crippen molar-refractivity contribution in [2.24, 2.45) is 0 Å². The molecule has 1 aromatic carbocycles. The molecule has 1 fully saturated rings. The van der Waals surface area contributed by atoms with E-state index >= 15 is 0 Å². The van der Waals surface area contributed by atoms with Gasteiger partial charge in [-0.15, -0.1) is 0 Å². The van der Waals surface area contributed by atoms with E-state index in [1.807, 2.05) is 30.3 Å². The van der Waals surface area contributed by atoms with E-state index in [2.05, 4.69) is 31.0 Å². The van der Waals surface area contributed by atoms with Crippen molar-refractivity contribution in [3.63, 3.8) is 0 Å². The number of anilines is 1. The molecule has 1 saturated heterocycles. The van der Waals surface area contributed by atoms with Crippen molar-refractivity contribution in [2.45, 2.75) is 6.54 Å². The van der Waals surface area contributed by atoms with Crippen molar-refractivity contribution >= 4 is 50.5 Å². The van der Waals surface area contributed by atoms with Gasteiger partial charge in [-0.25, -0.2) is 0 Å². The second-order valence-corrected chi connectivity index (χ2v) is 7.11. The molecule has 7 heteroatoms. The highest BCUT2D eigenvalue weighted by molar-refractivity contribution is 9.10. The van der Waals surface area contributed by atoms with Crippen LogP contribution in [0.1, 0.15) is 5.76 Å². The van der Waals surface area contributed by atoms with E-state index in [-0.39, 0.29) is 0 Å². The standard InChI is InChI=1S/C16H17BrClN3OS/c17-12-3-4-15(14(18)10-12)19-16(23)21-7-5-20(6-8-21)11-13-2-1-9-22-13/h1-4,9-10H,5-8,11H2,(H,19,23). The smallest absolute Gasteiger partial charge is 0.173 e. The molecule has 0 atom stereocenters. The molecule has 4 nitrogen and oxygen atoms in total. The van der Waals surface area contributed by atoms with E-state index in [4.69, 9.17) is 28.2 Å². The molecule has 0 saturated carbocycles. The van der Waals surface area contributed by atoms with Gasteiger partial charge in [-0.1, -0.05) is 27.5 Å². The first kappa shape index (κ1) is 16.8. The molecular formula is C16H17BrClN3OS. The summed E-state index contributed by atoms with van der Waals surface area (Å²) >= 11 is 15.1. The number of furan rings is 1. The summed E-state index contributed by atoms with van der Waals surface area (Å²) in [6.07, 6.45) is 1.71. The third-order valence-electron chi connectivity index (χ3n) is 3.79. The third-order valence-corrected chi connectivity index (χ3v) is 4.96. The molecule has 1 aliphatic rings. The van der Waals surface area contributed by atoms with Gasteiger partial charge >= 0.3 is 0 Å². The molecule has 0 amide bonds. The van der Waals surface area contributed by atoms with Gasteiger partial charge in [0.15, 0.2) is 5.11 Å². The minimum absolute atomic E-state index is 0.651. The predicted octanol–water partition coefficient (Wildman–Crippen LogP) is 4.21. The largest absolute Gasteiger partial charge is 0.468 e. The average Bonchev–Trinajstić information content (AvgIpc) is 3.04. The molecule has 0 aliphatic carbocycles. The summed E-state index contributed by atoms with van der Waals surface area (Å²) in [5, 5.41) is 4.60. The zero-order valence-corrected chi connectivity index (χ0v) is 15.6. The average molecular weight is 415 g/mol. The van der Waals surface area contributed by atoms with Gasteiger partial charge in [-0.2, -0.15) is 0 Å². The SMILES string of the molecule is S=C(Nc1ccc(Br)cc1Cl)N1CCN(Cc2ccco2)CC1. The van der Waals surface area contributed by atoms with Crippen molar-refractivity contribution in [3.05, 3.63) is 51.9 Å². The molecule has 1 aliphatic heterocycles. The van der Waals surface area contributed by atoms with Gasteiger partial charge in [0, 0.05) is 30.7 Å². The Morgan fingerprint density at radius 1 is 1.26 bits per heavy atom. The topological polar surface area (TPSA) is 31.6 Å². The lowest BCUT2D eigenvalue weighted by atomic mass is 10.3. The Kier molecular flexibility index (Phi) is 5.58. The number of nitrogens with one attached hydrogen (secondary N) is 1. The molecule has 122 valence electrons. The van der Waals surface area contributed by atoms with Gasteiger partial charge in [0.1, 0.15) is 5.76 Å². The monoisotopic (exact) mass is 413 g/mol. The lowest BCUT2D eigenvalue weighted by molar-refractivity contribution is 0.166. The number of thiocarbonyl (C=S) groups is 1. The molecule has 3 rings (SSSR count). The van der Waals surface area contributed by atoms with E-state index in [0.29, 0.717) is 10.1 Å². The normalized spacial score (nSPS) is 15.7. The van der Waals surface area contributed by atoms with E-state index in [1.54, 1.807) is 6.26 Å². The van der Waals surface area contributed by atoms with Gasteiger partial charge in [-0.3, -0.25) is 4.90 Å². The highest BCUT2D eigenvalue weighted by Gasteiger charge is 2.20. The maximum absolute atomic E-state index is 6.23. The minimum atomic E-state index is 0.651. The maximum Gasteiger partial charge on any atom is 0.173 e. The molecule has 1 N–H and O–H groups in total. The first-order chi connectivity index (χ1) is 11.1. The minimum Gasteiger partial charge on any atom is -0.468 e. The number of benzene rings is 1. The van der Waals surface area contributed by atoms with Crippen LogP contribution in [-0.4, -0.2) is 41.1 Å². The predicted molar refractivity (Wildman–Crippen MR) is 101 cm³/mol. The molecule has 0 bridgehead atoms. The molecule has 0 spiro atoms. The van der Waals surface area contributed by atoms with E-state index in [1.165, 1.54) is 0 Å². The first-order valence-electron chi connectivity index (χ1n) is 7.37. The van der Waals surface area contributed by atoms with Crippen molar-refractivity contribution in [1.29, 1.82) is 0 Å². The third kappa shape index (κ3) is 4.47. The lowest BCUT2D eigenvalue weighted by Gasteiger charge is -2.35. The van der Waals surface area contributed by atoms with Crippen LogP contribution >= 0.6 is 39.7 Å². The Hall–Kier alpha value is -1.08. The van der Waals surface area contributed by atoms with Crippen molar-refractivity contribution < 1.29 is 4.42 Å². The zero-order valence-electron chi connectivity index (χ0n) is 12.5. The summed E-state index contributed by atoms with van der Waals surface area (Å²) < 4.78 is 6.35. The lowest BCUT2D eigenvalue weighted by Crippen LogP contribution is -2.49. The number of halogens is 2. The summed E-state index contributed by atoms with van der Waals surface area (Å²) in [5.41, 5.74) is 0.831. The number of nitrogens with zero attached hydrogens (tertiary/aromatic N) is 2. The summed E-state index contributed by atoms with van der Waals surface area (Å²) in [4.78, 5) is 4.54. The van der Waals surface area contributed by atoms with E-state index in [9.17, 15) is 0 Å². The number of rotatable bonds is 3. The van der Waals surface area contributed by atoms with Gasteiger partial charge < -0.3 is 14.6 Å². The summed E-state index contributed by atoms with van der Waals surface area (Å²) in [5.74, 6) is 1.00. The van der Waals surface area contributed by atoms with Gasteiger partial charge in [0.2, 0.25) is 0 Å². The Morgan fingerprint density at radius 2 is 2.04 bits per heavy atom. The van der Waals surface area contributed by atoms with Crippen molar-refractivity contribution in [1.82, 2.24) is 9.80 Å². The second-order valence-electron chi connectivity index (χ2n) is 5.40. The van der Waals surface area contributed by atoms with E-state index < -0.39 is 0 Å². The summed E-state index contributed by atoms with van der Waals surface area (Å²) in [6, 6.07) is 9.65.